The van der Waals surface area contributed by atoms with Gasteiger partial charge < -0.3 is 0 Å². The van der Waals surface area contributed by atoms with Gasteiger partial charge in [0.15, 0.2) is 8.68 Å². The monoisotopic (exact) mass is 308 g/mol. The van der Waals surface area contributed by atoms with Crippen LogP contribution in [0.2, 0.25) is 4.47 Å². The number of sulfonamides is 1. The van der Waals surface area contributed by atoms with E-state index in [0.29, 0.717) is 5.69 Å². The van der Waals surface area contributed by atoms with Gasteiger partial charge in [-0.1, -0.05) is 42.2 Å². The largest absolute Gasteiger partial charge is 0.254 e. The summed E-state index contributed by atoms with van der Waals surface area (Å²) in [6.45, 7) is 1.68. The smallest absolute Gasteiger partial charge is 0.229 e. The third-order valence-corrected chi connectivity index (χ3v) is 7.19. The van der Waals surface area contributed by atoms with Gasteiger partial charge in [-0.3, -0.25) is 0 Å². The molecule has 7 heteroatoms. The molecule has 0 radical (unpaired) electrons. The summed E-state index contributed by atoms with van der Waals surface area (Å²) in [4.78, 5) is 3.98. The minimum absolute atomic E-state index is 0.115. The lowest BCUT2D eigenvalue weighted by molar-refractivity contribution is 0.286. The number of thiazole rings is 1. The topological polar surface area (TPSA) is 50.3 Å². The Bertz CT molecular complexity index is 521. The highest BCUT2D eigenvalue weighted by Gasteiger charge is 2.32. The molecule has 18 heavy (non-hydrogen) atoms. The van der Waals surface area contributed by atoms with E-state index in [0.717, 1.165) is 37.0 Å². The molecule has 1 aliphatic carbocycles. The summed E-state index contributed by atoms with van der Waals surface area (Å²) in [5, 5.41) is 0. The van der Waals surface area contributed by atoms with Crippen molar-refractivity contribution in [2.45, 2.75) is 49.3 Å². The zero-order valence-corrected chi connectivity index (χ0v) is 12.9. The lowest BCUT2D eigenvalue weighted by Gasteiger charge is -2.30. The van der Waals surface area contributed by atoms with Gasteiger partial charge in [0.2, 0.25) is 0 Å². The number of rotatable bonds is 3. The van der Waals surface area contributed by atoms with Crippen molar-refractivity contribution in [3.8, 4) is 0 Å². The summed E-state index contributed by atoms with van der Waals surface area (Å²) in [6, 6.07) is 0.115. The molecule has 2 rings (SSSR count). The van der Waals surface area contributed by atoms with Crippen molar-refractivity contribution in [3.05, 3.63) is 10.2 Å². The molecule has 0 amide bonds. The maximum absolute atomic E-state index is 12.5. The Morgan fingerprint density at radius 1 is 1.33 bits per heavy atom. The third kappa shape index (κ3) is 2.71. The van der Waals surface area contributed by atoms with Crippen LogP contribution in [0.15, 0.2) is 4.21 Å². The molecular formula is C11H17ClN2O2S2. The number of nitrogens with zero attached hydrogens (tertiary/aromatic N) is 2. The van der Waals surface area contributed by atoms with Crippen molar-refractivity contribution in [3.63, 3.8) is 0 Å². The van der Waals surface area contributed by atoms with Crippen LogP contribution < -0.4 is 0 Å². The summed E-state index contributed by atoms with van der Waals surface area (Å²) in [5.41, 5.74) is 0.493. The normalized spacial score (nSPS) is 18.4. The van der Waals surface area contributed by atoms with E-state index in [4.69, 9.17) is 11.6 Å². The second-order valence-electron chi connectivity index (χ2n) is 4.65. The van der Waals surface area contributed by atoms with E-state index < -0.39 is 10.0 Å². The van der Waals surface area contributed by atoms with Crippen LogP contribution in [-0.4, -0.2) is 30.8 Å². The highest BCUT2D eigenvalue weighted by molar-refractivity contribution is 7.91. The number of hydrogen-bond donors (Lipinski definition) is 0. The van der Waals surface area contributed by atoms with Gasteiger partial charge in [0, 0.05) is 13.1 Å². The van der Waals surface area contributed by atoms with Crippen molar-refractivity contribution in [2.24, 2.45) is 0 Å². The van der Waals surface area contributed by atoms with E-state index in [2.05, 4.69) is 4.98 Å². The molecule has 0 unspecified atom stereocenters. The Labute approximate surface area is 117 Å². The Hall–Kier alpha value is -0.170. The van der Waals surface area contributed by atoms with Gasteiger partial charge in [-0.05, 0) is 19.8 Å². The zero-order chi connectivity index (χ0) is 13.3. The molecule has 1 fully saturated rings. The SMILES string of the molecule is Cc1nc(Cl)sc1S(=O)(=O)N(C)C1CCCCC1. The fourth-order valence-electron chi connectivity index (χ4n) is 2.36. The van der Waals surface area contributed by atoms with Crippen LogP contribution in [0.5, 0.6) is 0 Å². The summed E-state index contributed by atoms with van der Waals surface area (Å²) in [5.74, 6) is 0. The molecule has 1 heterocycles. The second kappa shape index (κ2) is 5.45. The molecule has 0 aliphatic heterocycles. The van der Waals surface area contributed by atoms with E-state index in [1.807, 2.05) is 0 Å². The first kappa shape index (κ1) is 14.2. The van der Waals surface area contributed by atoms with Crippen LogP contribution in [0.3, 0.4) is 0 Å². The minimum Gasteiger partial charge on any atom is -0.229 e. The summed E-state index contributed by atoms with van der Waals surface area (Å²) < 4.78 is 27.1. The van der Waals surface area contributed by atoms with Gasteiger partial charge in [-0.25, -0.2) is 13.4 Å². The Balaban J connectivity index is 2.27. The highest BCUT2D eigenvalue weighted by Crippen LogP contribution is 2.32. The molecule has 4 nitrogen and oxygen atoms in total. The number of aryl methyl sites for hydroxylation is 1. The van der Waals surface area contributed by atoms with Gasteiger partial charge in [0.1, 0.15) is 0 Å². The van der Waals surface area contributed by atoms with Crippen LogP contribution >= 0.6 is 22.9 Å². The highest BCUT2D eigenvalue weighted by atomic mass is 35.5. The quantitative estimate of drug-likeness (QED) is 0.862. The first-order chi connectivity index (χ1) is 8.43. The maximum atomic E-state index is 12.5. The minimum atomic E-state index is -3.44. The van der Waals surface area contributed by atoms with Gasteiger partial charge in [-0.2, -0.15) is 4.31 Å². The molecular weight excluding hydrogens is 292 g/mol. The van der Waals surface area contributed by atoms with Crippen molar-refractivity contribution >= 4 is 33.0 Å². The second-order valence-corrected chi connectivity index (χ2v) is 8.43. The van der Waals surface area contributed by atoms with E-state index in [9.17, 15) is 8.42 Å². The van der Waals surface area contributed by atoms with E-state index in [1.54, 1.807) is 14.0 Å². The fourth-order valence-corrected chi connectivity index (χ4v) is 5.68. The predicted molar refractivity (Wildman–Crippen MR) is 73.7 cm³/mol. The molecule has 0 spiro atoms. The van der Waals surface area contributed by atoms with Gasteiger partial charge in [-0.15, -0.1) is 0 Å². The molecule has 0 bridgehead atoms. The summed E-state index contributed by atoms with van der Waals surface area (Å²) in [7, 11) is -1.78. The predicted octanol–water partition coefficient (Wildman–Crippen LogP) is 3.06. The molecule has 1 aromatic heterocycles. The van der Waals surface area contributed by atoms with E-state index in [1.165, 1.54) is 10.7 Å². The summed E-state index contributed by atoms with van der Waals surface area (Å²) >= 11 is 6.82. The van der Waals surface area contributed by atoms with Crippen molar-refractivity contribution in [2.75, 3.05) is 7.05 Å². The van der Waals surface area contributed by atoms with Gasteiger partial charge in [0.05, 0.1) is 5.69 Å². The molecule has 102 valence electrons. The van der Waals surface area contributed by atoms with Crippen molar-refractivity contribution < 1.29 is 8.42 Å². The van der Waals surface area contributed by atoms with Crippen LogP contribution in [0.4, 0.5) is 0 Å². The van der Waals surface area contributed by atoms with Crippen molar-refractivity contribution in [1.82, 2.24) is 9.29 Å². The van der Waals surface area contributed by atoms with Crippen LogP contribution in [-0.2, 0) is 10.0 Å². The molecule has 0 saturated heterocycles. The molecule has 1 aliphatic rings. The fraction of sp³-hybridized carbons (Fsp3) is 0.727. The average molecular weight is 309 g/mol. The Morgan fingerprint density at radius 3 is 2.44 bits per heavy atom. The van der Waals surface area contributed by atoms with Gasteiger partial charge >= 0.3 is 0 Å². The zero-order valence-electron chi connectivity index (χ0n) is 10.5. The number of halogens is 1. The number of aromatic nitrogens is 1. The Morgan fingerprint density at radius 2 is 1.94 bits per heavy atom. The van der Waals surface area contributed by atoms with Crippen LogP contribution in [0, 0.1) is 6.92 Å². The van der Waals surface area contributed by atoms with Crippen LogP contribution in [0.25, 0.3) is 0 Å². The van der Waals surface area contributed by atoms with E-state index >= 15 is 0 Å². The molecule has 0 aromatic carbocycles. The third-order valence-electron chi connectivity index (χ3n) is 3.43. The average Bonchev–Trinajstić information content (AvgIpc) is 2.69. The standard InChI is InChI=1S/C11H17ClN2O2S2/c1-8-10(17-11(12)13-8)18(15,16)14(2)9-6-4-3-5-7-9/h9H,3-7H2,1-2H3. The first-order valence-corrected chi connectivity index (χ1v) is 8.67. The molecule has 0 atom stereocenters. The molecule has 0 N–H and O–H groups in total. The van der Waals surface area contributed by atoms with E-state index in [-0.39, 0.29) is 14.7 Å². The summed E-state index contributed by atoms with van der Waals surface area (Å²) in [6.07, 6.45) is 5.30. The lowest BCUT2D eigenvalue weighted by Crippen LogP contribution is -2.38. The van der Waals surface area contributed by atoms with Crippen LogP contribution in [0.1, 0.15) is 37.8 Å². The lowest BCUT2D eigenvalue weighted by atomic mass is 9.96. The number of hydrogen-bond acceptors (Lipinski definition) is 4. The first-order valence-electron chi connectivity index (χ1n) is 6.04. The van der Waals surface area contributed by atoms with Crippen molar-refractivity contribution in [1.29, 1.82) is 0 Å². The molecule has 1 aromatic rings. The maximum Gasteiger partial charge on any atom is 0.254 e. The Kier molecular flexibility index (Phi) is 4.31. The van der Waals surface area contributed by atoms with Gasteiger partial charge in [0.25, 0.3) is 10.0 Å². The molecule has 1 saturated carbocycles.